The molecule has 11 heteroatoms. The maximum atomic E-state index is 15.6. The van der Waals surface area contributed by atoms with E-state index in [1.807, 2.05) is 19.1 Å². The summed E-state index contributed by atoms with van der Waals surface area (Å²) in [5.74, 6) is -1.56. The Balaban J connectivity index is 1.26. The van der Waals surface area contributed by atoms with Crippen LogP contribution in [0, 0.1) is 5.82 Å². The fourth-order valence-corrected chi connectivity index (χ4v) is 4.52. The zero-order valence-electron chi connectivity index (χ0n) is 22.0. The second-order valence-corrected chi connectivity index (χ2v) is 10.5. The first-order valence-corrected chi connectivity index (χ1v) is 12.5. The number of halogens is 1. The fraction of sp³-hybridized carbons (Fsp3) is 0.286. The number of nitrogens with zero attached hydrogens (tertiary/aromatic N) is 3. The van der Waals surface area contributed by atoms with Crippen molar-refractivity contribution in [1.29, 1.82) is 0 Å². The number of anilines is 2. The molecule has 0 bridgehead atoms. The largest absolute Gasteiger partial charge is 0.444 e. The van der Waals surface area contributed by atoms with E-state index in [1.54, 1.807) is 60.5 Å². The normalized spacial score (nSPS) is 15.0. The maximum Gasteiger partial charge on any atom is 0.412 e. The molecule has 0 saturated carbocycles. The van der Waals surface area contributed by atoms with Crippen molar-refractivity contribution in [1.82, 2.24) is 19.7 Å². The van der Waals surface area contributed by atoms with Crippen LogP contribution in [-0.4, -0.2) is 44.4 Å². The zero-order chi connectivity index (χ0) is 27.9. The Kier molecular flexibility index (Phi) is 6.59. The van der Waals surface area contributed by atoms with E-state index >= 15 is 4.39 Å². The van der Waals surface area contributed by atoms with Gasteiger partial charge in [0.2, 0.25) is 0 Å². The van der Waals surface area contributed by atoms with Crippen LogP contribution < -0.4 is 16.0 Å². The molecule has 3 heterocycles. The van der Waals surface area contributed by atoms with Crippen LogP contribution in [-0.2, 0) is 11.3 Å². The highest BCUT2D eigenvalue weighted by Gasteiger charge is 2.28. The second kappa shape index (κ2) is 9.90. The molecule has 5 rings (SSSR count). The molecular weight excluding hydrogens is 503 g/mol. The highest BCUT2D eigenvalue weighted by Crippen LogP contribution is 2.30. The summed E-state index contributed by atoms with van der Waals surface area (Å²) in [4.78, 5) is 37.2. The molecule has 0 fully saturated rings. The van der Waals surface area contributed by atoms with Crippen molar-refractivity contribution in [2.24, 2.45) is 0 Å². The molecule has 3 amide bonds. The Morgan fingerprint density at radius 3 is 2.59 bits per heavy atom. The minimum absolute atomic E-state index is 0.123. The standard InChI is InChI=1S/C28H29FN6O4/c1-16-12-30-26(37)22-11-18-7-10-21(23(29)24(18)35(16)22)25(36)32-20-13-31-34(15-20)14-17-5-8-19(9-6-17)33-27(38)39-28(2,3)4/h5-11,13,15-16H,12,14H2,1-4H3,(H,30,37)(H,32,36)(H,33,38)/t16-/m1/s1. The Morgan fingerprint density at radius 2 is 1.87 bits per heavy atom. The SMILES string of the molecule is C[C@@H]1CNC(=O)c2cc3ccc(C(=O)Nc4cnn(Cc5ccc(NC(=O)OC(C)(C)C)cc5)c4)c(F)c3n21. The second-order valence-electron chi connectivity index (χ2n) is 10.5. The highest BCUT2D eigenvalue weighted by atomic mass is 19.1. The number of aromatic nitrogens is 3. The Hall–Kier alpha value is -4.67. The topological polar surface area (TPSA) is 119 Å². The lowest BCUT2D eigenvalue weighted by atomic mass is 10.1. The van der Waals surface area contributed by atoms with Gasteiger partial charge in [-0.15, -0.1) is 0 Å². The van der Waals surface area contributed by atoms with E-state index < -0.39 is 23.4 Å². The van der Waals surface area contributed by atoms with Crippen molar-refractivity contribution in [2.75, 3.05) is 17.2 Å². The number of benzene rings is 2. The summed E-state index contributed by atoms with van der Waals surface area (Å²) >= 11 is 0. The highest BCUT2D eigenvalue weighted by molar-refractivity contribution is 6.07. The molecule has 4 aromatic rings. The molecule has 1 aliphatic heterocycles. The summed E-state index contributed by atoms with van der Waals surface area (Å²) in [5, 5.41) is 13.0. The Labute approximate surface area is 224 Å². The first-order chi connectivity index (χ1) is 18.5. The minimum atomic E-state index is -0.676. The van der Waals surface area contributed by atoms with Gasteiger partial charge >= 0.3 is 6.09 Å². The molecule has 3 N–H and O–H groups in total. The Morgan fingerprint density at radius 1 is 1.13 bits per heavy atom. The molecule has 1 aliphatic rings. The number of carbonyl (C=O) groups excluding carboxylic acids is 3. The third kappa shape index (κ3) is 5.47. The van der Waals surface area contributed by atoms with Gasteiger partial charge in [-0.1, -0.05) is 18.2 Å². The van der Waals surface area contributed by atoms with Gasteiger partial charge in [-0.25, -0.2) is 9.18 Å². The molecule has 1 atom stereocenters. The van der Waals surface area contributed by atoms with Crippen LogP contribution in [0.2, 0.25) is 0 Å². The monoisotopic (exact) mass is 532 g/mol. The van der Waals surface area contributed by atoms with Gasteiger partial charge in [-0.05, 0) is 57.5 Å². The van der Waals surface area contributed by atoms with Crippen LogP contribution >= 0.6 is 0 Å². The zero-order valence-corrected chi connectivity index (χ0v) is 22.0. The minimum Gasteiger partial charge on any atom is -0.444 e. The van der Waals surface area contributed by atoms with E-state index in [2.05, 4.69) is 21.0 Å². The van der Waals surface area contributed by atoms with E-state index in [-0.39, 0.29) is 23.0 Å². The van der Waals surface area contributed by atoms with Crippen LogP contribution in [0.1, 0.15) is 60.1 Å². The lowest BCUT2D eigenvalue weighted by Crippen LogP contribution is -2.37. The number of hydrogen-bond acceptors (Lipinski definition) is 5. The third-order valence-electron chi connectivity index (χ3n) is 6.25. The van der Waals surface area contributed by atoms with E-state index in [9.17, 15) is 14.4 Å². The lowest BCUT2D eigenvalue weighted by molar-refractivity contribution is 0.0635. The molecule has 0 radical (unpaired) electrons. The van der Waals surface area contributed by atoms with Crippen molar-refractivity contribution in [3.05, 3.63) is 77.5 Å². The van der Waals surface area contributed by atoms with E-state index in [0.29, 0.717) is 35.5 Å². The van der Waals surface area contributed by atoms with Gasteiger partial charge in [0.15, 0.2) is 5.82 Å². The first kappa shape index (κ1) is 26.0. The molecule has 202 valence electrons. The predicted molar refractivity (Wildman–Crippen MR) is 145 cm³/mol. The number of amides is 3. The molecule has 0 unspecified atom stereocenters. The quantitative estimate of drug-likeness (QED) is 0.337. The Bertz CT molecular complexity index is 1580. The number of hydrogen-bond donors (Lipinski definition) is 3. The van der Waals surface area contributed by atoms with E-state index in [0.717, 1.165) is 5.56 Å². The average molecular weight is 533 g/mol. The summed E-state index contributed by atoms with van der Waals surface area (Å²) in [7, 11) is 0. The van der Waals surface area contributed by atoms with Crippen molar-refractivity contribution in [2.45, 2.75) is 45.9 Å². The fourth-order valence-electron chi connectivity index (χ4n) is 4.52. The number of rotatable bonds is 5. The molecule has 39 heavy (non-hydrogen) atoms. The predicted octanol–water partition coefficient (Wildman–Crippen LogP) is 4.93. The number of carbonyl (C=O) groups is 3. The summed E-state index contributed by atoms with van der Waals surface area (Å²) in [6, 6.07) is 11.7. The van der Waals surface area contributed by atoms with Crippen LogP contribution in [0.25, 0.3) is 10.9 Å². The van der Waals surface area contributed by atoms with E-state index in [4.69, 9.17) is 4.74 Å². The van der Waals surface area contributed by atoms with Gasteiger partial charge in [-0.3, -0.25) is 19.6 Å². The smallest absolute Gasteiger partial charge is 0.412 e. The van der Waals surface area contributed by atoms with Crippen molar-refractivity contribution in [3.8, 4) is 0 Å². The summed E-state index contributed by atoms with van der Waals surface area (Å²) in [5.41, 5.74) is 1.82. The van der Waals surface area contributed by atoms with Gasteiger partial charge in [0.1, 0.15) is 11.3 Å². The number of fused-ring (bicyclic) bond motifs is 3. The lowest BCUT2D eigenvalue weighted by Gasteiger charge is -2.24. The van der Waals surface area contributed by atoms with Crippen molar-refractivity contribution in [3.63, 3.8) is 0 Å². The van der Waals surface area contributed by atoms with Crippen LogP contribution in [0.4, 0.5) is 20.6 Å². The van der Waals surface area contributed by atoms with Crippen LogP contribution in [0.3, 0.4) is 0 Å². The van der Waals surface area contributed by atoms with E-state index in [1.165, 1.54) is 12.3 Å². The van der Waals surface area contributed by atoms with Gasteiger partial charge in [-0.2, -0.15) is 5.10 Å². The van der Waals surface area contributed by atoms with Gasteiger partial charge in [0.25, 0.3) is 11.8 Å². The van der Waals surface area contributed by atoms with Gasteiger partial charge in [0, 0.05) is 29.9 Å². The molecule has 10 nitrogen and oxygen atoms in total. The number of nitrogens with one attached hydrogen (secondary N) is 3. The number of ether oxygens (including phenoxy) is 1. The van der Waals surface area contributed by atoms with Gasteiger partial charge < -0.3 is 19.9 Å². The summed E-state index contributed by atoms with van der Waals surface area (Å²) in [6.07, 6.45) is 2.60. The first-order valence-electron chi connectivity index (χ1n) is 12.5. The third-order valence-corrected chi connectivity index (χ3v) is 6.25. The molecule has 0 saturated heterocycles. The maximum absolute atomic E-state index is 15.6. The van der Waals surface area contributed by atoms with Crippen LogP contribution in [0.5, 0.6) is 0 Å². The molecule has 2 aromatic heterocycles. The van der Waals surface area contributed by atoms with Crippen LogP contribution in [0.15, 0.2) is 54.9 Å². The summed E-state index contributed by atoms with van der Waals surface area (Å²) in [6.45, 7) is 8.06. The average Bonchev–Trinajstić information content (AvgIpc) is 3.47. The molecule has 0 spiro atoms. The molecule has 0 aliphatic carbocycles. The molecule has 2 aromatic carbocycles. The van der Waals surface area contributed by atoms with Crippen molar-refractivity contribution >= 4 is 40.2 Å². The summed E-state index contributed by atoms with van der Waals surface area (Å²) < 4.78 is 24.1. The molecular formula is C28H29FN6O4. The van der Waals surface area contributed by atoms with Crippen molar-refractivity contribution < 1.29 is 23.5 Å². The van der Waals surface area contributed by atoms with Gasteiger partial charge in [0.05, 0.1) is 29.5 Å².